The van der Waals surface area contributed by atoms with Crippen molar-refractivity contribution in [3.05, 3.63) is 40.4 Å². The first-order valence-electron chi connectivity index (χ1n) is 4.53. The maximum atomic E-state index is 11.4. The first kappa shape index (κ1) is 13.6. The number of alkyl halides is 1. The second-order valence-electron chi connectivity index (χ2n) is 3.04. The Hall–Kier alpha value is -0.510. The second-order valence-corrected chi connectivity index (χ2v) is 4.42. The fraction of sp³-hybridized carbons (Fsp3) is 0.182. The Morgan fingerprint density at radius 1 is 1.44 bits per heavy atom. The number of hydrogen-bond donors (Lipinski definition) is 1. The lowest BCUT2D eigenvalue weighted by Crippen LogP contribution is -2.03. The third-order valence-corrected chi connectivity index (χ3v) is 3.01. The zero-order valence-corrected chi connectivity index (χ0v) is 11.5. The number of benzene rings is 1. The number of anilines is 1. The van der Waals surface area contributed by atoms with Crippen molar-refractivity contribution >= 4 is 50.6 Å². The molecule has 0 atom stereocenters. The summed E-state index contributed by atoms with van der Waals surface area (Å²) in [6, 6.07) is 3.20. The van der Waals surface area contributed by atoms with Crippen LogP contribution in [0.25, 0.3) is 0 Å². The first-order valence-corrected chi connectivity index (χ1v) is 6.41. The van der Waals surface area contributed by atoms with Crippen LogP contribution in [0, 0.1) is 0 Å². The molecule has 2 nitrogen and oxygen atoms in total. The smallest absolute Gasteiger partial charge is 0.173 e. The molecule has 0 aromatic heterocycles. The predicted molar refractivity (Wildman–Crippen MR) is 73.3 cm³/mol. The van der Waals surface area contributed by atoms with E-state index in [2.05, 4.69) is 27.8 Å². The Morgan fingerprint density at radius 3 is 2.44 bits per heavy atom. The third kappa shape index (κ3) is 3.24. The number of halogens is 3. The van der Waals surface area contributed by atoms with Gasteiger partial charge in [0.25, 0.3) is 0 Å². The largest absolute Gasteiger partial charge is 0.379 e. The summed E-state index contributed by atoms with van der Waals surface area (Å²) in [7, 11) is 0. The highest BCUT2D eigenvalue weighted by Gasteiger charge is 2.11. The fourth-order valence-corrected chi connectivity index (χ4v) is 2.10. The molecule has 1 aromatic carbocycles. The van der Waals surface area contributed by atoms with Gasteiger partial charge in [-0.1, -0.05) is 45.2 Å². The lowest BCUT2D eigenvalue weighted by molar-refractivity contribution is 0.102. The van der Waals surface area contributed by atoms with Gasteiger partial charge in [-0.15, -0.1) is 6.58 Å². The highest BCUT2D eigenvalue weighted by Crippen LogP contribution is 2.32. The summed E-state index contributed by atoms with van der Waals surface area (Å²) in [6.45, 7) is 4.15. The van der Waals surface area contributed by atoms with E-state index in [1.54, 1.807) is 18.2 Å². The van der Waals surface area contributed by atoms with Crippen LogP contribution >= 0.6 is 39.1 Å². The van der Waals surface area contributed by atoms with Gasteiger partial charge < -0.3 is 5.32 Å². The van der Waals surface area contributed by atoms with Gasteiger partial charge in [0.15, 0.2) is 5.78 Å². The van der Waals surface area contributed by atoms with Crippen LogP contribution in [0.5, 0.6) is 0 Å². The minimum atomic E-state index is -0.0564. The van der Waals surface area contributed by atoms with Crippen LogP contribution in [-0.2, 0) is 0 Å². The Morgan fingerprint density at radius 2 is 2.00 bits per heavy atom. The van der Waals surface area contributed by atoms with Gasteiger partial charge in [0.1, 0.15) is 0 Å². The molecule has 86 valence electrons. The second kappa shape index (κ2) is 6.28. The fourth-order valence-electron chi connectivity index (χ4n) is 1.15. The van der Waals surface area contributed by atoms with E-state index in [-0.39, 0.29) is 11.1 Å². The minimum absolute atomic E-state index is 0.0564. The lowest BCUT2D eigenvalue weighted by Gasteiger charge is -2.10. The van der Waals surface area contributed by atoms with Crippen LogP contribution in [0.3, 0.4) is 0 Å². The number of rotatable bonds is 5. The maximum absolute atomic E-state index is 11.4. The molecule has 0 aliphatic rings. The van der Waals surface area contributed by atoms with E-state index in [4.69, 9.17) is 23.2 Å². The van der Waals surface area contributed by atoms with E-state index in [0.29, 0.717) is 27.8 Å². The standard InChI is InChI=1S/C11H10BrCl2NO/c1-2-3-15-11-8(13)4-7(5-9(11)14)10(16)6-12/h2,4-5,15H,1,3,6H2. The Labute approximate surface area is 113 Å². The Kier molecular flexibility index (Phi) is 5.32. The quantitative estimate of drug-likeness (QED) is 0.501. The lowest BCUT2D eigenvalue weighted by atomic mass is 10.1. The molecule has 0 bridgehead atoms. The molecule has 0 radical (unpaired) electrons. The van der Waals surface area contributed by atoms with Crippen molar-refractivity contribution in [2.75, 3.05) is 17.2 Å². The van der Waals surface area contributed by atoms with Crippen molar-refractivity contribution in [1.29, 1.82) is 0 Å². The molecule has 0 saturated heterocycles. The number of carbonyl (C=O) groups excluding carboxylic acids is 1. The zero-order valence-electron chi connectivity index (χ0n) is 8.40. The van der Waals surface area contributed by atoms with Crippen LogP contribution in [0.1, 0.15) is 10.4 Å². The minimum Gasteiger partial charge on any atom is -0.379 e. The molecular weight excluding hydrogens is 313 g/mol. The molecule has 0 saturated carbocycles. The van der Waals surface area contributed by atoms with Crippen LogP contribution in [-0.4, -0.2) is 17.7 Å². The van der Waals surface area contributed by atoms with E-state index >= 15 is 0 Å². The van der Waals surface area contributed by atoms with Crippen molar-refractivity contribution in [1.82, 2.24) is 0 Å². The average molecular weight is 323 g/mol. The van der Waals surface area contributed by atoms with Gasteiger partial charge in [-0.05, 0) is 12.1 Å². The monoisotopic (exact) mass is 321 g/mol. The maximum Gasteiger partial charge on any atom is 0.173 e. The van der Waals surface area contributed by atoms with Crippen molar-refractivity contribution in [2.24, 2.45) is 0 Å². The molecule has 5 heteroatoms. The summed E-state index contributed by atoms with van der Waals surface area (Å²) in [6.07, 6.45) is 1.70. The molecule has 1 aromatic rings. The van der Waals surface area contributed by atoms with Gasteiger partial charge >= 0.3 is 0 Å². The molecule has 0 unspecified atom stereocenters. The van der Waals surface area contributed by atoms with Crippen LogP contribution in [0.15, 0.2) is 24.8 Å². The molecule has 0 fully saturated rings. The normalized spacial score (nSPS) is 9.94. The SMILES string of the molecule is C=CCNc1c(Cl)cc(C(=O)CBr)cc1Cl. The van der Waals surface area contributed by atoms with Gasteiger partial charge in [0, 0.05) is 12.1 Å². The summed E-state index contributed by atoms with van der Waals surface area (Å²) in [5, 5.41) is 4.12. The highest BCUT2D eigenvalue weighted by atomic mass is 79.9. The van der Waals surface area contributed by atoms with Crippen molar-refractivity contribution in [3.8, 4) is 0 Å². The summed E-state index contributed by atoms with van der Waals surface area (Å²) in [5.41, 5.74) is 1.12. The van der Waals surface area contributed by atoms with Gasteiger partial charge in [-0.2, -0.15) is 0 Å². The molecule has 0 aliphatic carbocycles. The zero-order chi connectivity index (χ0) is 12.1. The van der Waals surface area contributed by atoms with Gasteiger partial charge in [0.05, 0.1) is 21.1 Å². The molecular formula is C11H10BrCl2NO. The van der Waals surface area contributed by atoms with E-state index in [1.807, 2.05) is 0 Å². The van der Waals surface area contributed by atoms with Crippen LogP contribution in [0.4, 0.5) is 5.69 Å². The average Bonchev–Trinajstić information content (AvgIpc) is 2.26. The van der Waals surface area contributed by atoms with E-state index < -0.39 is 0 Å². The van der Waals surface area contributed by atoms with Gasteiger partial charge in [-0.25, -0.2) is 0 Å². The van der Waals surface area contributed by atoms with Crippen molar-refractivity contribution < 1.29 is 4.79 Å². The summed E-state index contributed by atoms with van der Waals surface area (Å²) < 4.78 is 0. The van der Waals surface area contributed by atoms with E-state index in [0.717, 1.165) is 0 Å². The van der Waals surface area contributed by atoms with E-state index in [9.17, 15) is 4.79 Å². The summed E-state index contributed by atoms with van der Waals surface area (Å²) >= 11 is 15.1. The molecule has 0 amide bonds. The molecule has 1 rings (SSSR count). The number of Topliss-reactive ketones (excluding diaryl/α,β-unsaturated/α-hetero) is 1. The van der Waals surface area contributed by atoms with Crippen molar-refractivity contribution in [3.63, 3.8) is 0 Å². The van der Waals surface area contributed by atoms with Crippen molar-refractivity contribution in [2.45, 2.75) is 0 Å². The molecule has 0 heterocycles. The van der Waals surface area contributed by atoms with Crippen LogP contribution < -0.4 is 5.32 Å². The van der Waals surface area contributed by atoms with Gasteiger partial charge in [-0.3, -0.25) is 4.79 Å². The highest BCUT2D eigenvalue weighted by molar-refractivity contribution is 9.09. The molecule has 1 N–H and O–H groups in total. The molecule has 0 aliphatic heterocycles. The number of carbonyl (C=O) groups is 1. The first-order chi connectivity index (χ1) is 7.60. The summed E-state index contributed by atoms with van der Waals surface area (Å²) in [4.78, 5) is 11.4. The van der Waals surface area contributed by atoms with Gasteiger partial charge in [0.2, 0.25) is 0 Å². The number of ketones is 1. The predicted octanol–water partition coefficient (Wildman–Crippen LogP) is 4.17. The number of hydrogen-bond acceptors (Lipinski definition) is 2. The Bertz CT molecular complexity index is 397. The topological polar surface area (TPSA) is 29.1 Å². The third-order valence-electron chi connectivity index (χ3n) is 1.91. The summed E-state index contributed by atoms with van der Waals surface area (Å²) in [5.74, 6) is -0.0564. The van der Waals surface area contributed by atoms with Crippen LogP contribution in [0.2, 0.25) is 10.0 Å². The van der Waals surface area contributed by atoms with E-state index in [1.165, 1.54) is 0 Å². The molecule has 0 spiro atoms. The molecule has 16 heavy (non-hydrogen) atoms. The number of nitrogens with one attached hydrogen (secondary N) is 1. The Balaban J connectivity index is 3.06.